The van der Waals surface area contributed by atoms with E-state index in [4.69, 9.17) is 0 Å². The molecule has 2 aliphatic rings. The van der Waals surface area contributed by atoms with E-state index >= 15 is 0 Å². The van der Waals surface area contributed by atoms with Crippen molar-refractivity contribution in [2.45, 2.75) is 57.9 Å². The zero-order valence-electron chi connectivity index (χ0n) is 18.0. The van der Waals surface area contributed by atoms with Crippen LogP contribution in [-0.4, -0.2) is 67.0 Å². The van der Waals surface area contributed by atoms with Crippen LogP contribution in [0.2, 0.25) is 0 Å². The van der Waals surface area contributed by atoms with Gasteiger partial charge < -0.3 is 15.5 Å². The molecule has 1 aromatic rings. The Hall–Kier alpha value is -2.08. The molecule has 0 aliphatic carbocycles. The molecule has 2 fully saturated rings. The highest BCUT2D eigenvalue weighted by Gasteiger charge is 2.25. The first-order chi connectivity index (χ1) is 14.1. The summed E-state index contributed by atoms with van der Waals surface area (Å²) in [5, 5.41) is 5.97. The highest BCUT2D eigenvalue weighted by Crippen LogP contribution is 2.27. The molecule has 2 saturated heterocycles. The van der Waals surface area contributed by atoms with Crippen molar-refractivity contribution < 1.29 is 9.59 Å². The molecular formula is C23H36N4O2. The number of piperidine rings is 2. The molecule has 0 saturated carbocycles. The molecule has 3 amide bonds. The van der Waals surface area contributed by atoms with Crippen LogP contribution in [0.15, 0.2) is 24.3 Å². The van der Waals surface area contributed by atoms with Gasteiger partial charge in [-0.2, -0.15) is 0 Å². The normalized spacial score (nSPS) is 22.9. The Labute approximate surface area is 175 Å². The minimum Gasteiger partial charge on any atom is -0.351 e. The Morgan fingerprint density at radius 3 is 2.76 bits per heavy atom. The van der Waals surface area contributed by atoms with E-state index in [1.165, 1.54) is 19.3 Å². The number of urea groups is 1. The third-order valence-electron chi connectivity index (χ3n) is 6.28. The van der Waals surface area contributed by atoms with E-state index < -0.39 is 0 Å². The SMILES string of the molecule is CCNC(=O)N1CCC[C@H](c2cccc(C(=O)NCCN3CCCC[C@@H]3C)c2)C1. The number of hydrogen-bond donors (Lipinski definition) is 2. The smallest absolute Gasteiger partial charge is 0.317 e. The summed E-state index contributed by atoms with van der Waals surface area (Å²) < 4.78 is 0. The monoisotopic (exact) mass is 400 g/mol. The maximum absolute atomic E-state index is 12.7. The third-order valence-corrected chi connectivity index (χ3v) is 6.28. The summed E-state index contributed by atoms with van der Waals surface area (Å²) >= 11 is 0. The molecule has 2 N–H and O–H groups in total. The van der Waals surface area contributed by atoms with Crippen LogP contribution >= 0.6 is 0 Å². The lowest BCUT2D eigenvalue weighted by Gasteiger charge is -2.33. The van der Waals surface area contributed by atoms with Crippen molar-refractivity contribution in [2.24, 2.45) is 0 Å². The second-order valence-electron chi connectivity index (χ2n) is 8.38. The first-order valence-electron chi connectivity index (χ1n) is 11.2. The number of amides is 3. The van der Waals surface area contributed by atoms with Gasteiger partial charge in [0.2, 0.25) is 0 Å². The van der Waals surface area contributed by atoms with Crippen LogP contribution in [-0.2, 0) is 0 Å². The van der Waals surface area contributed by atoms with Crippen LogP contribution < -0.4 is 10.6 Å². The maximum Gasteiger partial charge on any atom is 0.317 e. The summed E-state index contributed by atoms with van der Waals surface area (Å²) in [5.41, 5.74) is 1.86. The van der Waals surface area contributed by atoms with Crippen LogP contribution in [0.25, 0.3) is 0 Å². The summed E-state index contributed by atoms with van der Waals surface area (Å²) in [4.78, 5) is 29.2. The van der Waals surface area contributed by atoms with Gasteiger partial charge in [-0.3, -0.25) is 9.69 Å². The molecule has 6 heteroatoms. The standard InChI is InChI=1S/C23H36N4O2/c1-3-24-23(29)27-14-7-11-21(17-27)19-9-6-10-20(16-19)22(28)25-12-15-26-13-5-4-8-18(26)2/h6,9-10,16,18,21H,3-5,7-8,11-15,17H2,1-2H3,(H,24,29)(H,25,28)/t18-,21-/m0/s1. The van der Waals surface area contributed by atoms with Crippen molar-refractivity contribution in [1.29, 1.82) is 0 Å². The molecule has 2 aliphatic heterocycles. The van der Waals surface area contributed by atoms with Crippen LogP contribution in [0.4, 0.5) is 4.79 Å². The molecule has 160 valence electrons. The van der Waals surface area contributed by atoms with E-state index in [1.807, 2.05) is 30.0 Å². The fourth-order valence-electron chi connectivity index (χ4n) is 4.54. The van der Waals surface area contributed by atoms with Gasteiger partial charge in [0.15, 0.2) is 0 Å². The molecule has 0 spiro atoms. The first kappa shape index (κ1) is 21.6. The number of rotatable bonds is 6. The van der Waals surface area contributed by atoms with Crippen molar-refractivity contribution in [3.8, 4) is 0 Å². The van der Waals surface area contributed by atoms with E-state index in [-0.39, 0.29) is 17.9 Å². The lowest BCUT2D eigenvalue weighted by Crippen LogP contribution is -2.44. The molecule has 1 aromatic carbocycles. The van der Waals surface area contributed by atoms with E-state index in [0.717, 1.165) is 38.0 Å². The molecule has 6 nitrogen and oxygen atoms in total. The van der Waals surface area contributed by atoms with E-state index in [1.54, 1.807) is 0 Å². The molecule has 3 rings (SSSR count). The minimum absolute atomic E-state index is 0.00657. The van der Waals surface area contributed by atoms with Crippen molar-refractivity contribution in [2.75, 3.05) is 39.3 Å². The summed E-state index contributed by atoms with van der Waals surface area (Å²) in [6, 6.07) is 8.55. The summed E-state index contributed by atoms with van der Waals surface area (Å²) in [6.45, 7) is 9.11. The van der Waals surface area contributed by atoms with Gasteiger partial charge in [-0.05, 0) is 63.8 Å². The largest absolute Gasteiger partial charge is 0.351 e. The first-order valence-corrected chi connectivity index (χ1v) is 11.2. The van der Waals surface area contributed by atoms with E-state index in [0.29, 0.717) is 31.2 Å². The van der Waals surface area contributed by atoms with E-state index in [2.05, 4.69) is 28.5 Å². The number of carbonyl (C=O) groups is 2. The molecule has 0 aromatic heterocycles. The van der Waals surface area contributed by atoms with Gasteiger partial charge in [0.1, 0.15) is 0 Å². The Bertz CT molecular complexity index is 693. The zero-order chi connectivity index (χ0) is 20.6. The van der Waals surface area contributed by atoms with Gasteiger partial charge >= 0.3 is 6.03 Å². The highest BCUT2D eigenvalue weighted by molar-refractivity contribution is 5.94. The molecule has 29 heavy (non-hydrogen) atoms. The number of nitrogens with zero attached hydrogens (tertiary/aromatic N) is 2. The molecule has 2 atom stereocenters. The molecule has 0 bridgehead atoms. The van der Waals surface area contributed by atoms with Gasteiger partial charge in [-0.15, -0.1) is 0 Å². The zero-order valence-corrected chi connectivity index (χ0v) is 18.0. The summed E-state index contributed by atoms with van der Waals surface area (Å²) in [6.07, 6.45) is 5.87. The van der Waals surface area contributed by atoms with Crippen LogP contribution in [0.3, 0.4) is 0 Å². The topological polar surface area (TPSA) is 64.7 Å². The maximum atomic E-state index is 12.7. The summed E-state index contributed by atoms with van der Waals surface area (Å²) in [7, 11) is 0. The van der Waals surface area contributed by atoms with Gasteiger partial charge in [0.25, 0.3) is 5.91 Å². The fraction of sp³-hybridized carbons (Fsp3) is 0.652. The van der Waals surface area contributed by atoms with Crippen molar-refractivity contribution in [1.82, 2.24) is 20.4 Å². The fourth-order valence-corrected chi connectivity index (χ4v) is 4.54. The quantitative estimate of drug-likeness (QED) is 0.771. The van der Waals surface area contributed by atoms with Gasteiger partial charge in [0.05, 0.1) is 0 Å². The Morgan fingerprint density at radius 1 is 1.10 bits per heavy atom. The minimum atomic E-state index is -0.00657. The number of likely N-dealkylation sites (tertiary alicyclic amines) is 2. The highest BCUT2D eigenvalue weighted by atomic mass is 16.2. The predicted molar refractivity (Wildman–Crippen MR) is 116 cm³/mol. The molecule has 0 radical (unpaired) electrons. The molecule has 2 heterocycles. The average Bonchev–Trinajstić information content (AvgIpc) is 2.75. The van der Waals surface area contributed by atoms with Crippen molar-refractivity contribution in [3.05, 3.63) is 35.4 Å². The third kappa shape index (κ3) is 5.95. The predicted octanol–water partition coefficient (Wildman–Crippen LogP) is 3.20. The number of nitrogens with one attached hydrogen (secondary N) is 2. The Kier molecular flexibility index (Phi) is 7.92. The number of carbonyl (C=O) groups excluding carboxylic acids is 2. The molecule has 0 unspecified atom stereocenters. The van der Waals surface area contributed by atoms with Crippen molar-refractivity contribution >= 4 is 11.9 Å². The summed E-state index contributed by atoms with van der Waals surface area (Å²) in [5.74, 6) is 0.279. The second-order valence-corrected chi connectivity index (χ2v) is 8.38. The lowest BCUT2D eigenvalue weighted by atomic mass is 9.89. The molecular weight excluding hydrogens is 364 g/mol. The van der Waals surface area contributed by atoms with Gasteiger partial charge in [0, 0.05) is 50.2 Å². The number of hydrogen-bond acceptors (Lipinski definition) is 3. The lowest BCUT2D eigenvalue weighted by molar-refractivity contribution is 0.0938. The van der Waals surface area contributed by atoms with Gasteiger partial charge in [-0.1, -0.05) is 18.6 Å². The van der Waals surface area contributed by atoms with E-state index in [9.17, 15) is 9.59 Å². The van der Waals surface area contributed by atoms with Crippen molar-refractivity contribution in [3.63, 3.8) is 0 Å². The Balaban J connectivity index is 1.54. The van der Waals surface area contributed by atoms with Crippen LogP contribution in [0.1, 0.15) is 67.8 Å². The van der Waals surface area contributed by atoms with Gasteiger partial charge in [-0.25, -0.2) is 4.79 Å². The number of benzene rings is 1. The van der Waals surface area contributed by atoms with Crippen LogP contribution in [0.5, 0.6) is 0 Å². The average molecular weight is 401 g/mol. The van der Waals surface area contributed by atoms with Crippen LogP contribution in [0, 0.1) is 0 Å². The second kappa shape index (κ2) is 10.6. The Morgan fingerprint density at radius 2 is 1.97 bits per heavy atom.